The number of nitrogens with zero attached hydrogens (tertiary/aromatic N) is 2. The summed E-state index contributed by atoms with van der Waals surface area (Å²) in [5.74, 6) is 6.33. The van der Waals surface area contributed by atoms with E-state index < -0.39 is 18.0 Å². The lowest BCUT2D eigenvalue weighted by atomic mass is 10.1. The summed E-state index contributed by atoms with van der Waals surface area (Å²) in [7, 11) is 0. The van der Waals surface area contributed by atoms with Crippen LogP contribution in [0.25, 0.3) is 0 Å². The van der Waals surface area contributed by atoms with Crippen molar-refractivity contribution < 1.29 is 19.0 Å². The first-order valence-corrected chi connectivity index (χ1v) is 9.96. The fraction of sp³-hybridized carbons (Fsp3) is 0.650. The van der Waals surface area contributed by atoms with Gasteiger partial charge in [0.15, 0.2) is 0 Å². The molecule has 0 aromatic carbocycles. The van der Waals surface area contributed by atoms with Crippen molar-refractivity contribution in [1.29, 1.82) is 0 Å². The molecule has 0 spiro atoms. The molecule has 162 valence electrons. The Morgan fingerprint density at radius 3 is 2.38 bits per heavy atom. The van der Waals surface area contributed by atoms with E-state index in [0.29, 0.717) is 24.6 Å². The second-order valence-electron chi connectivity index (χ2n) is 7.28. The normalized spacial score (nSPS) is 13.3. The minimum Gasteiger partial charge on any atom is -0.444 e. The average molecular weight is 427 g/mol. The quantitative estimate of drug-likeness (QED) is 0.372. The minimum atomic E-state index is -0.640. The molecule has 2 atom stereocenters. The van der Waals surface area contributed by atoms with Crippen LogP contribution >= 0.6 is 11.6 Å². The Balaban J connectivity index is 2.90. The van der Waals surface area contributed by atoms with E-state index in [1.165, 1.54) is 6.20 Å². The predicted octanol–water partition coefficient (Wildman–Crippen LogP) is 3.59. The molecular formula is C20H31ClN4O4. The fourth-order valence-electron chi connectivity index (χ4n) is 2.09. The third-order valence-corrected chi connectivity index (χ3v) is 3.76. The van der Waals surface area contributed by atoms with Crippen molar-refractivity contribution in [3.05, 3.63) is 17.0 Å². The van der Waals surface area contributed by atoms with Gasteiger partial charge >= 0.3 is 6.09 Å². The highest BCUT2D eigenvalue weighted by molar-refractivity contribution is 6.28. The molecule has 1 heterocycles. The molecule has 9 heteroatoms. The molecule has 0 aliphatic carbocycles. The number of halogens is 1. The van der Waals surface area contributed by atoms with E-state index >= 15 is 0 Å². The van der Waals surface area contributed by atoms with Crippen molar-refractivity contribution in [3.8, 4) is 11.8 Å². The summed E-state index contributed by atoms with van der Waals surface area (Å²) in [6.07, 6.45) is 0.396. The SMILES string of the molecule is CCOC(C#Cc1cnc(Cl)nc1NC(C)C(C)NC(=O)OC(C)(C)C)OCC. The fourth-order valence-corrected chi connectivity index (χ4v) is 2.23. The van der Waals surface area contributed by atoms with Crippen molar-refractivity contribution >= 4 is 23.5 Å². The van der Waals surface area contributed by atoms with Crippen LogP contribution in [0.5, 0.6) is 0 Å². The number of nitrogens with one attached hydrogen (secondary N) is 2. The van der Waals surface area contributed by atoms with E-state index in [2.05, 4.69) is 32.4 Å². The van der Waals surface area contributed by atoms with Gasteiger partial charge in [-0.2, -0.15) is 4.98 Å². The average Bonchev–Trinajstić information content (AvgIpc) is 2.59. The van der Waals surface area contributed by atoms with Gasteiger partial charge in [-0.05, 0) is 66.0 Å². The summed E-state index contributed by atoms with van der Waals surface area (Å²) in [6.45, 7) is 13.9. The summed E-state index contributed by atoms with van der Waals surface area (Å²) >= 11 is 5.95. The highest BCUT2D eigenvalue weighted by atomic mass is 35.5. The van der Waals surface area contributed by atoms with E-state index in [0.717, 1.165) is 0 Å². The third kappa shape index (κ3) is 9.79. The van der Waals surface area contributed by atoms with Crippen LogP contribution in [0.15, 0.2) is 6.20 Å². The lowest BCUT2D eigenvalue weighted by molar-refractivity contribution is -0.0969. The van der Waals surface area contributed by atoms with Crippen molar-refractivity contribution in [2.75, 3.05) is 18.5 Å². The first-order chi connectivity index (χ1) is 13.6. The van der Waals surface area contributed by atoms with Gasteiger partial charge in [-0.15, -0.1) is 0 Å². The highest BCUT2D eigenvalue weighted by Gasteiger charge is 2.21. The lowest BCUT2D eigenvalue weighted by Gasteiger charge is -2.26. The second-order valence-corrected chi connectivity index (χ2v) is 7.62. The van der Waals surface area contributed by atoms with Gasteiger partial charge in [-0.25, -0.2) is 9.78 Å². The second kappa shape index (κ2) is 11.8. The summed E-state index contributed by atoms with van der Waals surface area (Å²) in [4.78, 5) is 20.2. The molecular weight excluding hydrogens is 396 g/mol. The maximum absolute atomic E-state index is 12.0. The Hall–Kier alpha value is -2.08. The number of rotatable bonds is 8. The zero-order chi connectivity index (χ0) is 22.0. The van der Waals surface area contributed by atoms with Gasteiger partial charge in [-0.3, -0.25) is 0 Å². The largest absolute Gasteiger partial charge is 0.444 e. The Bertz CT molecular complexity index is 721. The molecule has 0 aliphatic heterocycles. The van der Waals surface area contributed by atoms with E-state index in [1.54, 1.807) is 0 Å². The van der Waals surface area contributed by atoms with Crippen LogP contribution in [0, 0.1) is 11.8 Å². The molecule has 1 amide bonds. The number of anilines is 1. The van der Waals surface area contributed by atoms with Crippen LogP contribution in [-0.4, -0.2) is 53.2 Å². The Kier molecular flexibility index (Phi) is 10.2. The molecule has 1 aromatic rings. The molecule has 1 aromatic heterocycles. The predicted molar refractivity (Wildman–Crippen MR) is 113 cm³/mol. The monoisotopic (exact) mass is 426 g/mol. The number of ether oxygens (including phenoxy) is 3. The number of hydrogen-bond acceptors (Lipinski definition) is 7. The van der Waals surface area contributed by atoms with Crippen LogP contribution in [0.1, 0.15) is 54.0 Å². The van der Waals surface area contributed by atoms with Crippen LogP contribution in [0.4, 0.5) is 10.6 Å². The molecule has 0 saturated heterocycles. The van der Waals surface area contributed by atoms with Gasteiger partial charge in [0.1, 0.15) is 11.4 Å². The number of carbonyl (C=O) groups excluding carboxylic acids is 1. The maximum Gasteiger partial charge on any atom is 0.407 e. The Morgan fingerprint density at radius 1 is 1.21 bits per heavy atom. The summed E-state index contributed by atoms with van der Waals surface area (Å²) in [5, 5.41) is 6.10. The highest BCUT2D eigenvalue weighted by Crippen LogP contribution is 2.16. The number of amides is 1. The van der Waals surface area contributed by atoms with Gasteiger partial charge in [0.2, 0.25) is 11.6 Å². The number of alkyl carbamates (subject to hydrolysis) is 1. The van der Waals surface area contributed by atoms with Crippen LogP contribution in [-0.2, 0) is 14.2 Å². The van der Waals surface area contributed by atoms with Gasteiger partial charge in [0.25, 0.3) is 0 Å². The summed E-state index contributed by atoms with van der Waals surface area (Å²) in [6, 6.07) is -0.442. The molecule has 29 heavy (non-hydrogen) atoms. The first-order valence-electron chi connectivity index (χ1n) is 9.59. The first kappa shape index (κ1) is 25.0. The topological polar surface area (TPSA) is 94.6 Å². The summed E-state index contributed by atoms with van der Waals surface area (Å²) in [5.41, 5.74) is -0.0312. The van der Waals surface area contributed by atoms with Crippen LogP contribution in [0.2, 0.25) is 5.28 Å². The van der Waals surface area contributed by atoms with Gasteiger partial charge in [-0.1, -0.05) is 5.92 Å². The number of carbonyl (C=O) groups is 1. The standard InChI is InChI=1S/C20H31ClN4O4/c1-8-27-16(28-9-2)11-10-15-12-22-18(21)25-17(15)23-13(3)14(4)24-19(26)29-20(5,6)7/h12-14,16H,8-9H2,1-7H3,(H,24,26)(H,22,23,25). The van der Waals surface area contributed by atoms with Gasteiger partial charge in [0, 0.05) is 31.5 Å². The van der Waals surface area contributed by atoms with E-state index in [9.17, 15) is 4.79 Å². The molecule has 8 nitrogen and oxygen atoms in total. The lowest BCUT2D eigenvalue weighted by Crippen LogP contribution is -2.45. The Morgan fingerprint density at radius 2 is 1.83 bits per heavy atom. The molecule has 0 radical (unpaired) electrons. The van der Waals surface area contributed by atoms with E-state index in [-0.39, 0.29) is 17.4 Å². The van der Waals surface area contributed by atoms with Crippen molar-refractivity contribution in [2.24, 2.45) is 0 Å². The Labute approximate surface area is 178 Å². The minimum absolute atomic E-state index is 0.0872. The van der Waals surface area contributed by atoms with Gasteiger partial charge in [0.05, 0.1) is 5.56 Å². The number of hydrogen-bond donors (Lipinski definition) is 2. The zero-order valence-electron chi connectivity index (χ0n) is 18.1. The molecule has 2 unspecified atom stereocenters. The van der Waals surface area contributed by atoms with Gasteiger partial charge < -0.3 is 24.8 Å². The summed E-state index contributed by atoms with van der Waals surface area (Å²) < 4.78 is 16.1. The third-order valence-electron chi connectivity index (χ3n) is 3.58. The molecule has 0 fully saturated rings. The molecule has 0 bridgehead atoms. The van der Waals surface area contributed by atoms with Crippen molar-refractivity contribution in [1.82, 2.24) is 15.3 Å². The van der Waals surface area contributed by atoms with Crippen LogP contribution in [0.3, 0.4) is 0 Å². The molecule has 1 rings (SSSR count). The number of aromatic nitrogens is 2. The molecule has 2 N–H and O–H groups in total. The van der Waals surface area contributed by atoms with Crippen LogP contribution < -0.4 is 10.6 Å². The van der Waals surface area contributed by atoms with E-state index in [4.69, 9.17) is 25.8 Å². The zero-order valence-corrected chi connectivity index (χ0v) is 18.9. The van der Waals surface area contributed by atoms with Crippen molar-refractivity contribution in [3.63, 3.8) is 0 Å². The smallest absolute Gasteiger partial charge is 0.407 e. The molecule has 0 aliphatic rings. The molecule has 0 saturated carbocycles. The van der Waals surface area contributed by atoms with E-state index in [1.807, 2.05) is 48.5 Å². The maximum atomic E-state index is 12.0. The van der Waals surface area contributed by atoms with Crippen molar-refractivity contribution in [2.45, 2.75) is 72.4 Å².